The lowest BCUT2D eigenvalue weighted by Crippen LogP contribution is -2.29. The second-order valence-corrected chi connectivity index (χ2v) is 4.27. The maximum Gasteiger partial charge on any atom is 0.251 e. The quantitative estimate of drug-likeness (QED) is 0.797. The molecule has 0 spiro atoms. The number of nitrogens with one attached hydrogen (secondary N) is 1. The van der Waals surface area contributed by atoms with E-state index in [0.29, 0.717) is 18.5 Å². The van der Waals surface area contributed by atoms with Crippen LogP contribution in [-0.4, -0.2) is 23.7 Å². The summed E-state index contributed by atoms with van der Waals surface area (Å²) in [6.45, 7) is 4.37. The summed E-state index contributed by atoms with van der Waals surface area (Å²) in [7, 11) is 0. The van der Waals surface area contributed by atoms with Gasteiger partial charge in [0.1, 0.15) is 0 Å². The van der Waals surface area contributed by atoms with E-state index in [1.54, 1.807) is 19.1 Å². The molecule has 3 nitrogen and oxygen atoms in total. The number of aliphatic hydroxyl groups is 1. The highest BCUT2D eigenvalue weighted by Gasteiger charge is 2.09. The minimum Gasteiger partial charge on any atom is -0.393 e. The molecule has 1 aromatic carbocycles. The predicted molar refractivity (Wildman–Crippen MR) is 64.2 cm³/mol. The van der Waals surface area contributed by atoms with Gasteiger partial charge in [-0.15, -0.1) is 0 Å². The Bertz CT molecular complexity index is 322. The number of aliphatic hydroxyl groups excluding tert-OH is 1. The van der Waals surface area contributed by atoms with Crippen LogP contribution in [-0.2, 0) is 0 Å². The number of hydrogen-bond acceptors (Lipinski definition) is 2. The molecule has 0 saturated carbocycles. The molecular weight excluding hydrogens is 202 g/mol. The molecule has 88 valence electrons. The minimum atomic E-state index is -0.316. The molecule has 16 heavy (non-hydrogen) atoms. The molecule has 2 atom stereocenters. The molecule has 1 rings (SSSR count). The summed E-state index contributed by atoms with van der Waals surface area (Å²) in [5, 5.41) is 12.0. The Labute approximate surface area is 96.5 Å². The maximum absolute atomic E-state index is 11.7. The van der Waals surface area contributed by atoms with Crippen molar-refractivity contribution in [1.29, 1.82) is 0 Å². The van der Waals surface area contributed by atoms with Gasteiger partial charge in [-0.05, 0) is 31.4 Å². The number of carbonyl (C=O) groups excluding carboxylic acids is 1. The van der Waals surface area contributed by atoms with Gasteiger partial charge in [-0.2, -0.15) is 0 Å². The first-order valence-electron chi connectivity index (χ1n) is 5.61. The Morgan fingerprint density at radius 3 is 2.50 bits per heavy atom. The Morgan fingerprint density at radius 2 is 1.94 bits per heavy atom. The third kappa shape index (κ3) is 4.45. The summed E-state index contributed by atoms with van der Waals surface area (Å²) >= 11 is 0. The van der Waals surface area contributed by atoms with Gasteiger partial charge in [0, 0.05) is 12.1 Å². The van der Waals surface area contributed by atoms with Crippen molar-refractivity contribution in [2.75, 3.05) is 6.54 Å². The molecule has 0 aliphatic carbocycles. The van der Waals surface area contributed by atoms with E-state index < -0.39 is 0 Å². The van der Waals surface area contributed by atoms with Crippen molar-refractivity contribution in [3.8, 4) is 0 Å². The van der Waals surface area contributed by atoms with Crippen molar-refractivity contribution < 1.29 is 9.90 Å². The fourth-order valence-corrected chi connectivity index (χ4v) is 1.62. The molecular formula is C13H19NO2. The summed E-state index contributed by atoms with van der Waals surface area (Å²) in [5.41, 5.74) is 0.673. The van der Waals surface area contributed by atoms with E-state index in [4.69, 9.17) is 0 Å². The van der Waals surface area contributed by atoms with Gasteiger partial charge in [-0.1, -0.05) is 25.1 Å². The van der Waals surface area contributed by atoms with Crippen LogP contribution in [0.2, 0.25) is 0 Å². The molecule has 1 amide bonds. The first-order chi connectivity index (χ1) is 7.59. The third-order valence-electron chi connectivity index (χ3n) is 2.39. The van der Waals surface area contributed by atoms with Gasteiger partial charge < -0.3 is 10.4 Å². The van der Waals surface area contributed by atoms with Gasteiger partial charge in [0.05, 0.1) is 6.10 Å². The lowest BCUT2D eigenvalue weighted by molar-refractivity contribution is 0.0939. The van der Waals surface area contributed by atoms with Crippen LogP contribution in [0.5, 0.6) is 0 Å². The first kappa shape index (κ1) is 12.7. The van der Waals surface area contributed by atoms with Gasteiger partial charge in [0.25, 0.3) is 5.91 Å². The highest BCUT2D eigenvalue weighted by molar-refractivity contribution is 5.94. The van der Waals surface area contributed by atoms with Crippen molar-refractivity contribution in [2.24, 2.45) is 5.92 Å². The molecule has 0 saturated heterocycles. The lowest BCUT2D eigenvalue weighted by atomic mass is 10.0. The Balaban J connectivity index is 2.36. The standard InChI is InChI=1S/C13H19NO2/c1-10(8-11(2)15)9-14-13(16)12-6-4-3-5-7-12/h3-7,10-11,15H,8-9H2,1-2H3,(H,14,16). The van der Waals surface area contributed by atoms with E-state index in [-0.39, 0.29) is 17.9 Å². The highest BCUT2D eigenvalue weighted by atomic mass is 16.3. The van der Waals surface area contributed by atoms with Crippen LogP contribution in [0.3, 0.4) is 0 Å². The minimum absolute atomic E-state index is 0.0574. The SMILES string of the molecule is CC(O)CC(C)CNC(=O)c1ccccc1. The van der Waals surface area contributed by atoms with Crippen molar-refractivity contribution in [3.63, 3.8) is 0 Å². The number of hydrogen-bond donors (Lipinski definition) is 2. The number of rotatable bonds is 5. The maximum atomic E-state index is 11.7. The van der Waals surface area contributed by atoms with Crippen molar-refractivity contribution in [3.05, 3.63) is 35.9 Å². The summed E-state index contributed by atoms with van der Waals surface area (Å²) in [4.78, 5) is 11.7. The number of benzene rings is 1. The zero-order chi connectivity index (χ0) is 12.0. The summed E-state index contributed by atoms with van der Waals surface area (Å²) in [6, 6.07) is 9.14. The Kier molecular flexibility index (Phi) is 4.99. The fourth-order valence-electron chi connectivity index (χ4n) is 1.62. The van der Waals surface area contributed by atoms with Gasteiger partial charge in [0.2, 0.25) is 0 Å². The van der Waals surface area contributed by atoms with Gasteiger partial charge >= 0.3 is 0 Å². The van der Waals surface area contributed by atoms with Crippen molar-refractivity contribution in [1.82, 2.24) is 5.32 Å². The van der Waals surface area contributed by atoms with Crippen LogP contribution >= 0.6 is 0 Å². The highest BCUT2D eigenvalue weighted by Crippen LogP contribution is 2.05. The summed E-state index contributed by atoms with van der Waals surface area (Å²) < 4.78 is 0. The lowest BCUT2D eigenvalue weighted by Gasteiger charge is -2.14. The Morgan fingerprint density at radius 1 is 1.31 bits per heavy atom. The molecule has 3 heteroatoms. The van der Waals surface area contributed by atoms with E-state index in [1.807, 2.05) is 25.1 Å². The average molecular weight is 221 g/mol. The van der Waals surface area contributed by atoms with Crippen molar-refractivity contribution in [2.45, 2.75) is 26.4 Å². The third-order valence-corrected chi connectivity index (χ3v) is 2.39. The topological polar surface area (TPSA) is 49.3 Å². The molecule has 0 aliphatic heterocycles. The second-order valence-electron chi connectivity index (χ2n) is 4.27. The molecule has 2 N–H and O–H groups in total. The van der Waals surface area contributed by atoms with E-state index in [2.05, 4.69) is 5.32 Å². The van der Waals surface area contributed by atoms with E-state index >= 15 is 0 Å². The van der Waals surface area contributed by atoms with Gasteiger partial charge in [-0.3, -0.25) is 4.79 Å². The summed E-state index contributed by atoms with van der Waals surface area (Å²) in [6.07, 6.45) is 0.387. The van der Waals surface area contributed by atoms with Crippen LogP contribution in [0.25, 0.3) is 0 Å². The largest absolute Gasteiger partial charge is 0.393 e. The zero-order valence-corrected chi connectivity index (χ0v) is 9.81. The molecule has 0 radical (unpaired) electrons. The summed E-state index contributed by atoms with van der Waals surface area (Å²) in [5.74, 6) is 0.228. The average Bonchev–Trinajstić information content (AvgIpc) is 2.26. The monoisotopic (exact) mass is 221 g/mol. The van der Waals surface area contributed by atoms with Crippen LogP contribution in [0.4, 0.5) is 0 Å². The number of carbonyl (C=O) groups is 1. The molecule has 0 fully saturated rings. The Hall–Kier alpha value is -1.35. The fraction of sp³-hybridized carbons (Fsp3) is 0.462. The van der Waals surface area contributed by atoms with Crippen LogP contribution in [0.1, 0.15) is 30.6 Å². The van der Waals surface area contributed by atoms with E-state index in [9.17, 15) is 9.90 Å². The second kappa shape index (κ2) is 6.28. The van der Waals surface area contributed by atoms with Crippen LogP contribution in [0.15, 0.2) is 30.3 Å². The normalized spacial score (nSPS) is 14.2. The molecule has 0 aliphatic rings. The number of amides is 1. The smallest absolute Gasteiger partial charge is 0.251 e. The first-order valence-corrected chi connectivity index (χ1v) is 5.61. The van der Waals surface area contributed by atoms with Crippen molar-refractivity contribution >= 4 is 5.91 Å². The van der Waals surface area contributed by atoms with Gasteiger partial charge in [0.15, 0.2) is 0 Å². The predicted octanol–water partition coefficient (Wildman–Crippen LogP) is 1.82. The molecule has 0 bridgehead atoms. The van der Waals surface area contributed by atoms with Gasteiger partial charge in [-0.25, -0.2) is 0 Å². The van der Waals surface area contributed by atoms with Crippen LogP contribution in [0, 0.1) is 5.92 Å². The molecule has 0 heterocycles. The molecule has 1 aromatic rings. The van der Waals surface area contributed by atoms with Crippen LogP contribution < -0.4 is 5.32 Å². The van der Waals surface area contributed by atoms with E-state index in [1.165, 1.54) is 0 Å². The molecule has 0 aromatic heterocycles. The molecule has 2 unspecified atom stereocenters. The zero-order valence-electron chi connectivity index (χ0n) is 9.81. The van der Waals surface area contributed by atoms with E-state index in [0.717, 1.165) is 0 Å².